The summed E-state index contributed by atoms with van der Waals surface area (Å²) in [5.74, 6) is 3.26. The maximum absolute atomic E-state index is 13.3. The lowest BCUT2D eigenvalue weighted by molar-refractivity contribution is -0.211. The molecule has 222 valence electrons. The number of pyridine rings is 1. The van der Waals surface area contributed by atoms with Crippen molar-refractivity contribution < 1.29 is 27.1 Å². The van der Waals surface area contributed by atoms with Crippen LogP contribution in [-0.2, 0) is 15.9 Å². The zero-order valence-corrected chi connectivity index (χ0v) is 23.2. The van der Waals surface area contributed by atoms with Gasteiger partial charge in [0, 0.05) is 36.8 Å². The van der Waals surface area contributed by atoms with E-state index < -0.39 is 12.3 Å². The van der Waals surface area contributed by atoms with Crippen LogP contribution in [0.25, 0.3) is 11.0 Å². The topological polar surface area (TPSA) is 95.3 Å². The molecule has 4 aliphatic heterocycles. The normalized spacial score (nSPS) is 21.1. The van der Waals surface area contributed by atoms with E-state index in [1.165, 1.54) is 0 Å². The van der Waals surface area contributed by atoms with Crippen LogP contribution < -0.4 is 15.8 Å². The molecule has 2 N–H and O–H groups in total. The van der Waals surface area contributed by atoms with Gasteiger partial charge in [0.2, 0.25) is 6.17 Å². The van der Waals surface area contributed by atoms with Gasteiger partial charge < -0.3 is 34.0 Å². The van der Waals surface area contributed by atoms with Gasteiger partial charge in [-0.15, -0.1) is 6.42 Å². The van der Waals surface area contributed by atoms with Gasteiger partial charge in [0.05, 0.1) is 32.1 Å². The lowest BCUT2D eigenvalue weighted by atomic mass is 9.99. The summed E-state index contributed by atoms with van der Waals surface area (Å²) in [4.78, 5) is 22.4. The summed E-state index contributed by atoms with van der Waals surface area (Å²) in [5.41, 5.74) is 3.01. The number of halogens is 3. The van der Waals surface area contributed by atoms with E-state index >= 15 is 0 Å². The van der Waals surface area contributed by atoms with Crippen LogP contribution >= 0.6 is 0 Å². The van der Waals surface area contributed by atoms with Crippen molar-refractivity contribution >= 4 is 28.2 Å². The number of ether oxygens (including phenoxy) is 2. The third kappa shape index (κ3) is 5.34. The number of terminal acetylenes is 1. The number of aliphatic imine (C=N–C) groups is 1. The Morgan fingerprint density at radius 2 is 1.95 bits per heavy atom. The van der Waals surface area contributed by atoms with E-state index in [4.69, 9.17) is 20.3 Å². The van der Waals surface area contributed by atoms with Gasteiger partial charge in [0.1, 0.15) is 16.9 Å². The van der Waals surface area contributed by atoms with Crippen molar-refractivity contribution in [3.05, 3.63) is 57.7 Å². The quantitative estimate of drug-likeness (QED) is 0.439. The Kier molecular flexibility index (Phi) is 7.41. The minimum absolute atomic E-state index is 0.119. The third-order valence-corrected chi connectivity index (χ3v) is 7.98. The van der Waals surface area contributed by atoms with Crippen molar-refractivity contribution in [1.82, 2.24) is 9.88 Å². The number of aromatic amines is 1. The number of anilines is 2. The highest BCUT2D eigenvalue weighted by molar-refractivity contribution is 6.10. The summed E-state index contributed by atoms with van der Waals surface area (Å²) in [7, 11) is 0. The molecule has 0 radical (unpaired) electrons. The van der Waals surface area contributed by atoms with Crippen LogP contribution in [0.15, 0.2) is 44.7 Å². The van der Waals surface area contributed by atoms with Crippen molar-refractivity contribution in [3.63, 3.8) is 0 Å². The highest BCUT2D eigenvalue weighted by atomic mass is 19.4. The standard InChI is InChI=1S/C17H18F3N3O.C13H14N2O3/c1-2-10-5-6-11-12(9-10)24-14-13(11)21-16(17(18,19)20)22-15(14)23-7-3-4-8-23;1-2-10-5-11(12(16)14-6-10)15-3-4-18-13(7-15)8-17-9-13/h5-6,9,16,21H,2-4,7-8H2,1H3;1,5-6H,3-4,7-9H2,(H,14,16). The summed E-state index contributed by atoms with van der Waals surface area (Å²) in [6.45, 7) is 6.60. The summed E-state index contributed by atoms with van der Waals surface area (Å²) in [5, 5.41) is 3.19. The van der Waals surface area contributed by atoms with Gasteiger partial charge in [-0.2, -0.15) is 13.2 Å². The molecule has 1 spiro atoms. The first-order chi connectivity index (χ1) is 20.2. The number of furan rings is 1. The Balaban J connectivity index is 0.000000157. The van der Waals surface area contributed by atoms with Crippen molar-refractivity contribution in [3.8, 4) is 12.3 Å². The lowest BCUT2D eigenvalue weighted by Crippen LogP contribution is -2.63. The first-order valence-electron chi connectivity index (χ1n) is 14.1. The molecule has 3 fully saturated rings. The molecule has 0 saturated carbocycles. The van der Waals surface area contributed by atoms with Crippen molar-refractivity contribution in [2.45, 2.75) is 44.1 Å². The zero-order valence-electron chi connectivity index (χ0n) is 23.2. The predicted octanol–water partition coefficient (Wildman–Crippen LogP) is 4.11. The molecule has 42 heavy (non-hydrogen) atoms. The number of likely N-dealkylation sites (tertiary alicyclic amines) is 1. The molecule has 12 heteroatoms. The van der Waals surface area contributed by atoms with E-state index in [0.717, 1.165) is 24.8 Å². The molecule has 2 aromatic heterocycles. The van der Waals surface area contributed by atoms with Crippen LogP contribution in [0.3, 0.4) is 0 Å². The monoisotopic (exact) mass is 583 g/mol. The van der Waals surface area contributed by atoms with E-state index in [0.29, 0.717) is 85.5 Å². The number of hydrogen-bond acceptors (Lipinski definition) is 8. The molecule has 3 aromatic rings. The molecule has 1 unspecified atom stereocenters. The number of aryl methyl sites for hydroxylation is 1. The van der Waals surface area contributed by atoms with Gasteiger partial charge in [0.25, 0.3) is 5.56 Å². The van der Waals surface area contributed by atoms with E-state index in [9.17, 15) is 18.0 Å². The van der Waals surface area contributed by atoms with Crippen LogP contribution in [0.2, 0.25) is 0 Å². The van der Waals surface area contributed by atoms with Gasteiger partial charge in [-0.3, -0.25) is 4.79 Å². The fourth-order valence-corrected chi connectivity index (χ4v) is 5.67. The summed E-state index contributed by atoms with van der Waals surface area (Å²) in [6.07, 6.45) is 3.27. The summed E-state index contributed by atoms with van der Waals surface area (Å²) < 4.78 is 56.8. The second kappa shape index (κ2) is 11.0. The molecular weight excluding hydrogens is 551 g/mol. The molecule has 1 atom stereocenters. The second-order valence-corrected chi connectivity index (χ2v) is 10.9. The van der Waals surface area contributed by atoms with Crippen molar-refractivity contribution in [2.24, 2.45) is 4.99 Å². The minimum atomic E-state index is -4.45. The largest absolute Gasteiger partial charge is 0.451 e. The third-order valence-electron chi connectivity index (χ3n) is 7.98. The van der Waals surface area contributed by atoms with Gasteiger partial charge in [-0.1, -0.05) is 18.9 Å². The molecule has 3 saturated heterocycles. The summed E-state index contributed by atoms with van der Waals surface area (Å²) >= 11 is 0. The molecule has 4 aliphatic rings. The molecule has 7 rings (SSSR count). The van der Waals surface area contributed by atoms with E-state index in [-0.39, 0.29) is 11.2 Å². The van der Waals surface area contributed by atoms with Gasteiger partial charge >= 0.3 is 6.18 Å². The number of nitrogens with one attached hydrogen (secondary N) is 2. The van der Waals surface area contributed by atoms with E-state index in [2.05, 4.69) is 21.2 Å². The van der Waals surface area contributed by atoms with Gasteiger partial charge in [0.15, 0.2) is 11.6 Å². The Labute approximate surface area is 240 Å². The van der Waals surface area contributed by atoms with Crippen molar-refractivity contribution in [1.29, 1.82) is 0 Å². The molecule has 0 amide bonds. The lowest BCUT2D eigenvalue weighted by Gasteiger charge is -2.48. The number of amidine groups is 1. The predicted molar refractivity (Wildman–Crippen MR) is 153 cm³/mol. The highest BCUT2D eigenvalue weighted by Gasteiger charge is 2.45. The summed E-state index contributed by atoms with van der Waals surface area (Å²) in [6, 6.07) is 7.38. The Bertz CT molecular complexity index is 1590. The minimum Gasteiger partial charge on any atom is -0.451 e. The van der Waals surface area contributed by atoms with Gasteiger partial charge in [-0.25, -0.2) is 4.99 Å². The fourth-order valence-electron chi connectivity index (χ4n) is 5.67. The van der Waals surface area contributed by atoms with Crippen LogP contribution in [0.1, 0.15) is 36.7 Å². The number of rotatable bonds is 2. The molecule has 0 aliphatic carbocycles. The van der Waals surface area contributed by atoms with Crippen molar-refractivity contribution in [2.75, 3.05) is 56.2 Å². The number of morpholine rings is 1. The Morgan fingerprint density at radius 3 is 2.62 bits per heavy atom. The van der Waals surface area contributed by atoms with E-state index in [1.54, 1.807) is 12.3 Å². The number of hydrogen-bond donors (Lipinski definition) is 2. The zero-order chi connectivity index (χ0) is 29.5. The number of nitrogens with zero attached hydrogens (tertiary/aromatic N) is 3. The van der Waals surface area contributed by atoms with E-state index in [1.807, 2.05) is 34.9 Å². The highest BCUT2D eigenvalue weighted by Crippen LogP contribution is 2.39. The first-order valence-corrected chi connectivity index (χ1v) is 14.1. The molecule has 6 heterocycles. The number of fused-ring (bicyclic) bond motifs is 3. The maximum Gasteiger partial charge on any atom is 0.429 e. The van der Waals surface area contributed by atoms with Gasteiger partial charge in [-0.05, 0) is 43.0 Å². The number of alkyl halides is 3. The SMILES string of the molecule is C#Cc1c[nH]c(=O)c(N2CCOC3(COC3)C2)c1.CCc1ccc2c3c(oc2c1)C(N1CCCC1)=NC(C(F)(F)F)N3. The molecule has 9 nitrogen and oxygen atoms in total. The Morgan fingerprint density at radius 1 is 1.17 bits per heavy atom. The maximum atomic E-state index is 13.3. The van der Waals surface area contributed by atoms with Crippen LogP contribution in [-0.4, -0.2) is 79.7 Å². The van der Waals surface area contributed by atoms with Crippen LogP contribution in [0, 0.1) is 12.3 Å². The Hall–Kier alpha value is -3.95. The average molecular weight is 584 g/mol. The van der Waals surface area contributed by atoms with Crippen LogP contribution in [0.5, 0.6) is 0 Å². The molecule has 0 bridgehead atoms. The smallest absolute Gasteiger partial charge is 0.429 e. The molecule has 1 aromatic carbocycles. The van der Waals surface area contributed by atoms with Crippen LogP contribution in [0.4, 0.5) is 24.5 Å². The average Bonchev–Trinajstić information content (AvgIpc) is 3.64. The fraction of sp³-hybridized carbons (Fsp3) is 0.467. The first kappa shape index (κ1) is 28.2. The number of benzene rings is 1. The number of H-pyrrole nitrogens is 1. The molecular formula is C30H32F3N5O4. The second-order valence-electron chi connectivity index (χ2n) is 10.9. The number of aromatic nitrogens is 1.